The molecule has 0 saturated carbocycles. The van der Waals surface area contributed by atoms with Crippen LogP contribution in [-0.4, -0.2) is 12.8 Å². The number of fused-ring (bicyclic) bond motifs is 1. The van der Waals surface area contributed by atoms with Gasteiger partial charge in [0.15, 0.2) is 0 Å². The Morgan fingerprint density at radius 2 is 1.45 bits per heavy atom. The van der Waals surface area contributed by atoms with E-state index in [4.69, 9.17) is 5.41 Å². The summed E-state index contributed by atoms with van der Waals surface area (Å²) >= 11 is 0. The summed E-state index contributed by atoms with van der Waals surface area (Å²) < 4.78 is 0. The average molecular weight is 449 g/mol. The minimum atomic E-state index is 0.134. The van der Waals surface area contributed by atoms with E-state index >= 15 is 0 Å². The topological polar surface area (TPSA) is 35.9 Å². The fraction of sp³-hybridized carbons (Fsp3) is 0.516. The largest absolute Gasteiger partial charge is 0.388 e. The van der Waals surface area contributed by atoms with E-state index in [0.29, 0.717) is 5.71 Å². The van der Waals surface area contributed by atoms with E-state index in [0.717, 1.165) is 34.4 Å². The zero-order valence-electron chi connectivity index (χ0n) is 23.0. The lowest BCUT2D eigenvalue weighted by Crippen LogP contribution is -2.36. The Hall–Kier alpha value is -2.35. The van der Waals surface area contributed by atoms with Crippen LogP contribution < -0.4 is 5.32 Å². The van der Waals surface area contributed by atoms with Gasteiger partial charge in [-0.25, -0.2) is 0 Å². The van der Waals surface area contributed by atoms with Crippen LogP contribution in [0.4, 0.5) is 5.69 Å². The van der Waals surface area contributed by atoms with Gasteiger partial charge in [-0.05, 0) is 65.8 Å². The van der Waals surface area contributed by atoms with Crippen molar-refractivity contribution in [1.82, 2.24) is 0 Å². The molecule has 1 aliphatic rings. The highest BCUT2D eigenvalue weighted by Crippen LogP contribution is 2.49. The maximum atomic E-state index is 8.92. The highest BCUT2D eigenvalue weighted by molar-refractivity contribution is 6.14. The summed E-state index contributed by atoms with van der Waals surface area (Å²) in [6, 6.07) is 12.8. The molecule has 33 heavy (non-hydrogen) atoms. The van der Waals surface area contributed by atoms with Crippen LogP contribution in [0.1, 0.15) is 116 Å². The molecule has 3 rings (SSSR count). The highest BCUT2D eigenvalue weighted by atomic mass is 14.8. The fourth-order valence-electron chi connectivity index (χ4n) is 4.37. The van der Waals surface area contributed by atoms with Crippen LogP contribution in [0.5, 0.6) is 0 Å². The maximum absolute atomic E-state index is 8.92. The third kappa shape index (κ3) is 6.37. The molecule has 0 radical (unpaired) electrons. The van der Waals surface area contributed by atoms with Crippen LogP contribution >= 0.6 is 0 Å². The molecule has 0 aromatic heterocycles. The predicted molar refractivity (Wildman–Crippen MR) is 150 cm³/mol. The molecule has 0 amide bonds. The Bertz CT molecular complexity index is 934. The molecule has 0 bridgehead atoms. The Morgan fingerprint density at radius 1 is 0.939 bits per heavy atom. The van der Waals surface area contributed by atoms with Crippen molar-refractivity contribution in [1.29, 1.82) is 5.41 Å². The first-order valence-electron chi connectivity index (χ1n) is 12.8. The monoisotopic (exact) mass is 448 g/mol. The Morgan fingerprint density at radius 3 is 1.91 bits per heavy atom. The van der Waals surface area contributed by atoms with Gasteiger partial charge in [-0.2, -0.15) is 0 Å². The highest BCUT2D eigenvalue weighted by Gasteiger charge is 2.39. The Kier molecular flexibility index (Phi) is 10.6. The molecule has 0 fully saturated rings. The summed E-state index contributed by atoms with van der Waals surface area (Å²) in [7, 11) is 1.96. The van der Waals surface area contributed by atoms with Crippen LogP contribution in [0.25, 0.3) is 5.57 Å². The molecule has 2 N–H and O–H groups in total. The number of benzene rings is 2. The molecule has 0 saturated heterocycles. The first kappa shape index (κ1) is 28.7. The third-order valence-electron chi connectivity index (χ3n) is 6.82. The molecular weight excluding hydrogens is 400 g/mol. The van der Waals surface area contributed by atoms with Gasteiger partial charge < -0.3 is 5.32 Å². The van der Waals surface area contributed by atoms with Crippen molar-refractivity contribution >= 4 is 17.0 Å². The summed E-state index contributed by atoms with van der Waals surface area (Å²) in [5.41, 5.74) is 8.90. The van der Waals surface area contributed by atoms with Crippen molar-refractivity contribution in [2.24, 2.45) is 0 Å². The molecule has 2 nitrogen and oxygen atoms in total. The van der Waals surface area contributed by atoms with Crippen molar-refractivity contribution in [2.75, 3.05) is 12.4 Å². The first-order valence-corrected chi connectivity index (χ1v) is 12.8. The molecule has 0 spiro atoms. The summed E-state index contributed by atoms with van der Waals surface area (Å²) in [5.74, 6) is 0. The quantitative estimate of drug-likeness (QED) is 0.439. The van der Waals surface area contributed by atoms with E-state index < -0.39 is 0 Å². The zero-order chi connectivity index (χ0) is 25.4. The number of allylic oxidation sites excluding steroid dienone is 1. The van der Waals surface area contributed by atoms with Crippen molar-refractivity contribution in [3.63, 3.8) is 0 Å². The fourth-order valence-corrected chi connectivity index (χ4v) is 4.37. The van der Waals surface area contributed by atoms with Crippen molar-refractivity contribution in [2.45, 2.75) is 98.8 Å². The van der Waals surface area contributed by atoms with Gasteiger partial charge >= 0.3 is 0 Å². The van der Waals surface area contributed by atoms with E-state index in [-0.39, 0.29) is 10.8 Å². The van der Waals surface area contributed by atoms with Crippen LogP contribution in [0.3, 0.4) is 0 Å². The molecular formula is C31H48N2. The molecule has 0 heterocycles. The van der Waals surface area contributed by atoms with Gasteiger partial charge in [0.25, 0.3) is 0 Å². The van der Waals surface area contributed by atoms with E-state index in [1.807, 2.05) is 40.0 Å². The first-order chi connectivity index (χ1) is 15.5. The lowest BCUT2D eigenvalue weighted by Gasteiger charge is -2.44. The molecule has 1 aliphatic carbocycles. The molecule has 2 heteroatoms. The van der Waals surface area contributed by atoms with Gasteiger partial charge in [0, 0.05) is 23.9 Å². The summed E-state index contributed by atoms with van der Waals surface area (Å²) in [4.78, 5) is 0. The summed E-state index contributed by atoms with van der Waals surface area (Å²) in [6.45, 7) is 23.6. The molecule has 182 valence electrons. The maximum Gasteiger partial charge on any atom is 0.0705 e. The predicted octanol–water partition coefficient (Wildman–Crippen LogP) is 9.36. The van der Waals surface area contributed by atoms with Gasteiger partial charge in [0.05, 0.1) is 5.71 Å². The van der Waals surface area contributed by atoms with Crippen molar-refractivity contribution < 1.29 is 0 Å². The Balaban J connectivity index is 0.00000101. The number of hydrogen-bond acceptors (Lipinski definition) is 2. The smallest absolute Gasteiger partial charge is 0.0705 e. The number of rotatable bonds is 5. The molecule has 2 aromatic rings. The van der Waals surface area contributed by atoms with Gasteiger partial charge in [0.2, 0.25) is 0 Å². The zero-order valence-corrected chi connectivity index (χ0v) is 23.0. The van der Waals surface area contributed by atoms with Gasteiger partial charge in [-0.1, -0.05) is 98.2 Å². The lowest BCUT2D eigenvalue weighted by molar-refractivity contribution is 0.305. The third-order valence-corrected chi connectivity index (χ3v) is 6.82. The minimum absolute atomic E-state index is 0.134. The SMILES string of the molecule is C=C(C)c1ccc(C(=N)c2cc3c(cc2NC)C(C)(CC)CCC3(C)C)cc1.CC.CCC. The van der Waals surface area contributed by atoms with Crippen LogP contribution in [0.15, 0.2) is 43.0 Å². The van der Waals surface area contributed by atoms with Crippen LogP contribution in [0, 0.1) is 5.41 Å². The number of nitrogens with one attached hydrogen (secondary N) is 2. The normalized spacial score (nSPS) is 18.0. The van der Waals surface area contributed by atoms with E-state index in [9.17, 15) is 0 Å². The van der Waals surface area contributed by atoms with E-state index in [1.54, 1.807) is 0 Å². The number of hydrogen-bond donors (Lipinski definition) is 2. The second kappa shape index (κ2) is 12.2. The Labute approximate surface area is 204 Å². The standard InChI is InChI=1S/C26H34N2.C3H8.C2H6/c1-8-26(6)14-13-25(4,5)21-15-20(23(28-7)16-22(21)26)24(27)19-11-9-18(10-12-19)17(2)3;1-3-2;1-2/h9-12,15-16,27-28H,2,8,13-14H2,1,3-7H3;3H2,1-2H3;1-2H3. The van der Waals surface area contributed by atoms with Crippen LogP contribution in [0.2, 0.25) is 0 Å². The van der Waals surface area contributed by atoms with E-state index in [1.165, 1.54) is 30.4 Å². The minimum Gasteiger partial charge on any atom is -0.388 e. The lowest BCUT2D eigenvalue weighted by atomic mass is 9.61. The van der Waals surface area contributed by atoms with Gasteiger partial charge in [-0.15, -0.1) is 0 Å². The van der Waals surface area contributed by atoms with Crippen molar-refractivity contribution in [3.05, 3.63) is 70.8 Å². The molecule has 1 atom stereocenters. The van der Waals surface area contributed by atoms with Gasteiger partial charge in [0.1, 0.15) is 0 Å². The van der Waals surface area contributed by atoms with Crippen molar-refractivity contribution in [3.8, 4) is 0 Å². The van der Waals surface area contributed by atoms with E-state index in [2.05, 4.69) is 77.7 Å². The molecule has 1 unspecified atom stereocenters. The number of anilines is 1. The second-order valence-corrected chi connectivity index (χ2v) is 9.93. The average Bonchev–Trinajstić information content (AvgIpc) is 2.82. The second-order valence-electron chi connectivity index (χ2n) is 9.93. The summed E-state index contributed by atoms with van der Waals surface area (Å²) in [6.07, 6.45) is 4.79. The van der Waals surface area contributed by atoms with Gasteiger partial charge in [-0.3, -0.25) is 5.41 Å². The molecule has 0 aliphatic heterocycles. The molecule has 2 aromatic carbocycles. The van der Waals surface area contributed by atoms with Crippen LogP contribution in [-0.2, 0) is 10.8 Å². The summed E-state index contributed by atoms with van der Waals surface area (Å²) in [5, 5.41) is 12.3.